The van der Waals surface area contributed by atoms with E-state index in [1.807, 2.05) is 11.9 Å². The maximum atomic E-state index is 12.8. The van der Waals surface area contributed by atoms with Crippen molar-refractivity contribution in [2.75, 3.05) is 13.6 Å². The third-order valence-electron chi connectivity index (χ3n) is 2.90. The summed E-state index contributed by atoms with van der Waals surface area (Å²) in [6.45, 7) is 3.05. The summed E-state index contributed by atoms with van der Waals surface area (Å²) in [6, 6.07) is 5.91. The van der Waals surface area contributed by atoms with Crippen molar-refractivity contribution in [2.24, 2.45) is 0 Å². The normalized spacial score (nSPS) is 12.8. The van der Waals surface area contributed by atoms with Gasteiger partial charge in [0.25, 0.3) is 5.89 Å². The lowest BCUT2D eigenvalue weighted by Gasteiger charge is -2.14. The maximum Gasteiger partial charge on any atom is 0.257 e. The predicted octanol–water partition coefficient (Wildman–Crippen LogP) is 2.08. The molecule has 0 amide bonds. The van der Waals surface area contributed by atoms with Gasteiger partial charge in [-0.15, -0.1) is 0 Å². The van der Waals surface area contributed by atoms with E-state index in [0.29, 0.717) is 30.2 Å². The number of halogens is 1. The SMILES string of the molecule is CC(O)CCN(C)Cc1noc(-c2ccc(F)cc2)n1. The number of aliphatic hydroxyl groups excluding tert-OH is 1. The lowest BCUT2D eigenvalue weighted by atomic mass is 10.2. The molecule has 20 heavy (non-hydrogen) atoms. The van der Waals surface area contributed by atoms with E-state index < -0.39 is 0 Å². The second-order valence-corrected chi connectivity index (χ2v) is 4.90. The van der Waals surface area contributed by atoms with Crippen LogP contribution >= 0.6 is 0 Å². The van der Waals surface area contributed by atoms with E-state index in [9.17, 15) is 9.50 Å². The molecule has 1 unspecified atom stereocenters. The molecule has 0 saturated heterocycles. The average molecular weight is 279 g/mol. The summed E-state index contributed by atoms with van der Waals surface area (Å²) in [5, 5.41) is 13.1. The number of nitrogens with zero attached hydrogens (tertiary/aromatic N) is 3. The molecule has 0 bridgehead atoms. The van der Waals surface area contributed by atoms with Gasteiger partial charge in [0.1, 0.15) is 5.82 Å². The number of hydrogen-bond acceptors (Lipinski definition) is 5. The van der Waals surface area contributed by atoms with Gasteiger partial charge in [0.2, 0.25) is 0 Å². The molecule has 2 aromatic rings. The van der Waals surface area contributed by atoms with Gasteiger partial charge in [-0.05, 0) is 44.7 Å². The molecule has 6 heteroatoms. The van der Waals surface area contributed by atoms with Crippen LogP contribution in [0.3, 0.4) is 0 Å². The first-order valence-corrected chi connectivity index (χ1v) is 6.49. The van der Waals surface area contributed by atoms with E-state index in [1.54, 1.807) is 19.1 Å². The van der Waals surface area contributed by atoms with E-state index in [2.05, 4.69) is 10.1 Å². The Kier molecular flexibility index (Phi) is 4.81. The molecule has 1 N–H and O–H groups in total. The lowest BCUT2D eigenvalue weighted by molar-refractivity contribution is 0.161. The highest BCUT2D eigenvalue weighted by atomic mass is 19.1. The Bertz CT molecular complexity index is 540. The van der Waals surface area contributed by atoms with Crippen molar-refractivity contribution in [1.29, 1.82) is 0 Å². The van der Waals surface area contributed by atoms with Crippen molar-refractivity contribution in [1.82, 2.24) is 15.0 Å². The zero-order valence-electron chi connectivity index (χ0n) is 11.6. The Balaban J connectivity index is 1.96. The monoisotopic (exact) mass is 279 g/mol. The Morgan fingerprint density at radius 3 is 2.70 bits per heavy atom. The smallest absolute Gasteiger partial charge is 0.257 e. The highest BCUT2D eigenvalue weighted by Crippen LogP contribution is 2.17. The van der Waals surface area contributed by atoms with Crippen molar-refractivity contribution >= 4 is 0 Å². The van der Waals surface area contributed by atoms with Gasteiger partial charge in [0.15, 0.2) is 5.82 Å². The first kappa shape index (κ1) is 14.6. The summed E-state index contributed by atoms with van der Waals surface area (Å²) < 4.78 is 18.0. The fourth-order valence-electron chi connectivity index (χ4n) is 1.76. The van der Waals surface area contributed by atoms with Crippen LogP contribution < -0.4 is 0 Å². The molecular formula is C14H18FN3O2. The third-order valence-corrected chi connectivity index (χ3v) is 2.90. The molecule has 0 spiro atoms. The van der Waals surface area contributed by atoms with Gasteiger partial charge >= 0.3 is 0 Å². The molecule has 0 aliphatic rings. The van der Waals surface area contributed by atoms with Gasteiger partial charge in [-0.3, -0.25) is 4.90 Å². The molecule has 2 rings (SSSR count). The maximum absolute atomic E-state index is 12.8. The largest absolute Gasteiger partial charge is 0.393 e. The first-order valence-electron chi connectivity index (χ1n) is 6.49. The van der Waals surface area contributed by atoms with Crippen molar-refractivity contribution in [3.8, 4) is 11.5 Å². The van der Waals surface area contributed by atoms with Gasteiger partial charge < -0.3 is 9.63 Å². The number of aromatic nitrogens is 2. The molecule has 108 valence electrons. The summed E-state index contributed by atoms with van der Waals surface area (Å²) in [7, 11) is 1.93. The molecule has 1 atom stereocenters. The Morgan fingerprint density at radius 2 is 2.05 bits per heavy atom. The second kappa shape index (κ2) is 6.58. The fraction of sp³-hybridized carbons (Fsp3) is 0.429. The van der Waals surface area contributed by atoms with E-state index in [4.69, 9.17) is 4.52 Å². The highest BCUT2D eigenvalue weighted by Gasteiger charge is 2.11. The summed E-state index contributed by atoms with van der Waals surface area (Å²) in [4.78, 5) is 6.28. The Labute approximate surface area is 117 Å². The zero-order valence-corrected chi connectivity index (χ0v) is 11.6. The van der Waals surface area contributed by atoms with E-state index in [0.717, 1.165) is 6.54 Å². The van der Waals surface area contributed by atoms with Crippen LogP contribution in [0.5, 0.6) is 0 Å². The molecule has 0 aliphatic heterocycles. The summed E-state index contributed by atoms with van der Waals surface area (Å²) in [5.41, 5.74) is 0.691. The highest BCUT2D eigenvalue weighted by molar-refractivity contribution is 5.52. The topological polar surface area (TPSA) is 62.4 Å². The number of rotatable bonds is 6. The van der Waals surface area contributed by atoms with E-state index in [1.165, 1.54) is 12.1 Å². The van der Waals surface area contributed by atoms with E-state index >= 15 is 0 Å². The minimum Gasteiger partial charge on any atom is -0.393 e. The van der Waals surface area contributed by atoms with Crippen LogP contribution in [-0.4, -0.2) is 39.8 Å². The van der Waals surface area contributed by atoms with Crippen molar-refractivity contribution in [2.45, 2.75) is 26.0 Å². The van der Waals surface area contributed by atoms with Crippen LogP contribution in [0.1, 0.15) is 19.2 Å². The number of aliphatic hydroxyl groups is 1. The molecular weight excluding hydrogens is 261 g/mol. The molecule has 0 saturated carbocycles. The molecule has 1 aromatic carbocycles. The predicted molar refractivity (Wildman–Crippen MR) is 72.3 cm³/mol. The quantitative estimate of drug-likeness (QED) is 0.877. The fourth-order valence-corrected chi connectivity index (χ4v) is 1.76. The van der Waals surface area contributed by atoms with Gasteiger partial charge in [0.05, 0.1) is 12.6 Å². The number of hydrogen-bond donors (Lipinski definition) is 1. The summed E-state index contributed by atoms with van der Waals surface area (Å²) in [5.74, 6) is 0.646. The van der Waals surface area contributed by atoms with Gasteiger partial charge in [-0.1, -0.05) is 5.16 Å². The van der Waals surface area contributed by atoms with Crippen LogP contribution in [0.25, 0.3) is 11.5 Å². The average Bonchev–Trinajstić information content (AvgIpc) is 2.85. The van der Waals surface area contributed by atoms with Gasteiger partial charge in [-0.25, -0.2) is 4.39 Å². The summed E-state index contributed by atoms with van der Waals surface area (Å²) >= 11 is 0. The first-order chi connectivity index (χ1) is 9.54. The van der Waals surface area contributed by atoms with Gasteiger partial charge in [0, 0.05) is 12.1 Å². The summed E-state index contributed by atoms with van der Waals surface area (Å²) in [6.07, 6.45) is 0.372. The van der Waals surface area contributed by atoms with Crippen LogP contribution in [-0.2, 0) is 6.54 Å². The molecule has 1 heterocycles. The second-order valence-electron chi connectivity index (χ2n) is 4.90. The van der Waals surface area contributed by atoms with Crippen molar-refractivity contribution < 1.29 is 14.0 Å². The van der Waals surface area contributed by atoms with Crippen molar-refractivity contribution in [3.63, 3.8) is 0 Å². The minimum atomic E-state index is -0.322. The van der Waals surface area contributed by atoms with Crippen LogP contribution in [0.2, 0.25) is 0 Å². The van der Waals surface area contributed by atoms with Crippen molar-refractivity contribution in [3.05, 3.63) is 35.9 Å². The molecule has 0 fully saturated rings. The van der Waals surface area contributed by atoms with E-state index in [-0.39, 0.29) is 11.9 Å². The molecule has 1 aromatic heterocycles. The molecule has 0 aliphatic carbocycles. The molecule has 0 radical (unpaired) electrons. The lowest BCUT2D eigenvalue weighted by Crippen LogP contribution is -2.22. The number of benzene rings is 1. The Morgan fingerprint density at radius 1 is 1.35 bits per heavy atom. The van der Waals surface area contributed by atoms with Crippen LogP contribution in [0.15, 0.2) is 28.8 Å². The van der Waals surface area contributed by atoms with Crippen LogP contribution in [0, 0.1) is 5.82 Å². The Hall–Kier alpha value is -1.79. The minimum absolute atomic E-state index is 0.300. The zero-order chi connectivity index (χ0) is 14.5. The third kappa shape index (κ3) is 4.11. The standard InChI is InChI=1S/C14H18FN3O2/c1-10(19)7-8-18(2)9-13-16-14(20-17-13)11-3-5-12(15)6-4-11/h3-6,10,19H,7-9H2,1-2H3. The molecule has 5 nitrogen and oxygen atoms in total. The van der Waals surface area contributed by atoms with Crippen LogP contribution in [0.4, 0.5) is 4.39 Å². The van der Waals surface area contributed by atoms with Gasteiger partial charge in [-0.2, -0.15) is 4.98 Å².